The second kappa shape index (κ2) is 8.90. The number of fused-ring (bicyclic) bond motifs is 1. The predicted octanol–water partition coefficient (Wildman–Crippen LogP) is 4.33. The Hall–Kier alpha value is -3.15. The standard InChI is InChI=1S/C23H28N4O2/c1-5-7-14-26(4)23(29)20-18-13-8-9-15-27(18)21(24-20)22(28)25-19-16(3)11-10-12-17(19)6-2/h8-13,15H,5-7,14H2,1-4H3,(H,25,28). The van der Waals surface area contributed by atoms with Crippen LogP contribution in [0.5, 0.6) is 0 Å². The molecule has 0 saturated carbocycles. The fourth-order valence-electron chi connectivity index (χ4n) is 3.40. The highest BCUT2D eigenvalue weighted by Gasteiger charge is 2.24. The van der Waals surface area contributed by atoms with Crippen LogP contribution in [0.25, 0.3) is 5.52 Å². The number of carbonyl (C=O) groups is 2. The van der Waals surface area contributed by atoms with E-state index in [2.05, 4.69) is 24.1 Å². The van der Waals surface area contributed by atoms with Crippen LogP contribution in [0.3, 0.4) is 0 Å². The van der Waals surface area contributed by atoms with Gasteiger partial charge in [0.05, 0.1) is 5.52 Å². The van der Waals surface area contributed by atoms with Crippen LogP contribution in [0.2, 0.25) is 0 Å². The predicted molar refractivity (Wildman–Crippen MR) is 116 cm³/mol. The van der Waals surface area contributed by atoms with Crippen molar-refractivity contribution in [3.63, 3.8) is 0 Å². The van der Waals surface area contributed by atoms with Gasteiger partial charge in [0, 0.05) is 25.5 Å². The maximum atomic E-state index is 13.1. The number of anilines is 1. The molecule has 2 heterocycles. The molecule has 2 aromatic heterocycles. The minimum absolute atomic E-state index is 0.175. The molecule has 0 fully saturated rings. The summed E-state index contributed by atoms with van der Waals surface area (Å²) in [5.41, 5.74) is 3.80. The van der Waals surface area contributed by atoms with Crippen LogP contribution in [0.4, 0.5) is 5.69 Å². The number of hydrogen-bond acceptors (Lipinski definition) is 3. The van der Waals surface area contributed by atoms with Gasteiger partial charge in [0.25, 0.3) is 11.8 Å². The molecule has 29 heavy (non-hydrogen) atoms. The zero-order chi connectivity index (χ0) is 21.0. The summed E-state index contributed by atoms with van der Waals surface area (Å²) in [5, 5.41) is 3.01. The zero-order valence-corrected chi connectivity index (χ0v) is 17.5. The average molecular weight is 393 g/mol. The molecule has 0 aliphatic rings. The molecule has 3 rings (SSSR count). The molecule has 1 aromatic carbocycles. The number of amides is 2. The number of hydrogen-bond donors (Lipinski definition) is 1. The van der Waals surface area contributed by atoms with E-state index < -0.39 is 0 Å². The lowest BCUT2D eigenvalue weighted by Gasteiger charge is -2.15. The molecule has 0 aliphatic heterocycles. The summed E-state index contributed by atoms with van der Waals surface area (Å²) in [6, 6.07) is 11.4. The van der Waals surface area contributed by atoms with Crippen LogP contribution in [0, 0.1) is 6.92 Å². The van der Waals surface area contributed by atoms with Crippen LogP contribution in [-0.2, 0) is 6.42 Å². The molecule has 0 atom stereocenters. The number of imidazole rings is 1. The van der Waals surface area contributed by atoms with E-state index in [0.717, 1.165) is 36.1 Å². The SMILES string of the molecule is CCCCN(C)C(=O)c1nc(C(=O)Nc2c(C)cccc2CC)n2ccccc12. The van der Waals surface area contributed by atoms with Crippen LogP contribution in [0.1, 0.15) is 58.9 Å². The summed E-state index contributed by atoms with van der Waals surface area (Å²) in [6.07, 6.45) is 4.50. The molecule has 152 valence electrons. The Morgan fingerprint density at radius 3 is 2.66 bits per heavy atom. The first kappa shape index (κ1) is 20.6. The fraction of sp³-hybridized carbons (Fsp3) is 0.348. The smallest absolute Gasteiger partial charge is 0.292 e. The number of carbonyl (C=O) groups excluding carboxylic acids is 2. The molecule has 3 aromatic rings. The Kier molecular flexibility index (Phi) is 6.32. The zero-order valence-electron chi connectivity index (χ0n) is 17.5. The van der Waals surface area contributed by atoms with E-state index >= 15 is 0 Å². The van der Waals surface area contributed by atoms with Gasteiger partial charge in [-0.3, -0.25) is 14.0 Å². The minimum Gasteiger partial charge on any atom is -0.340 e. The molecule has 2 amide bonds. The van der Waals surface area contributed by atoms with E-state index in [9.17, 15) is 9.59 Å². The van der Waals surface area contributed by atoms with Crippen molar-refractivity contribution >= 4 is 23.0 Å². The molecule has 1 N–H and O–H groups in total. The van der Waals surface area contributed by atoms with Gasteiger partial charge in [0.2, 0.25) is 5.82 Å². The Balaban J connectivity index is 1.98. The lowest BCUT2D eigenvalue weighted by molar-refractivity contribution is 0.0790. The van der Waals surface area contributed by atoms with E-state index in [1.54, 1.807) is 22.5 Å². The summed E-state index contributed by atoms with van der Waals surface area (Å²) in [4.78, 5) is 32.2. The number of nitrogens with zero attached hydrogens (tertiary/aromatic N) is 3. The molecule has 6 heteroatoms. The molecule has 0 aliphatic carbocycles. The average Bonchev–Trinajstić information content (AvgIpc) is 3.12. The number of benzene rings is 1. The third-order valence-corrected chi connectivity index (χ3v) is 5.13. The van der Waals surface area contributed by atoms with Crippen molar-refractivity contribution in [1.82, 2.24) is 14.3 Å². The van der Waals surface area contributed by atoms with Crippen molar-refractivity contribution in [2.45, 2.75) is 40.0 Å². The third kappa shape index (κ3) is 4.16. The van der Waals surface area contributed by atoms with Crippen molar-refractivity contribution in [2.75, 3.05) is 18.9 Å². The van der Waals surface area contributed by atoms with Gasteiger partial charge in [-0.2, -0.15) is 0 Å². The molecule has 0 bridgehead atoms. The summed E-state index contributed by atoms with van der Waals surface area (Å²) in [5.74, 6) is -0.296. The highest BCUT2D eigenvalue weighted by molar-refractivity contribution is 6.06. The van der Waals surface area contributed by atoms with Gasteiger partial charge in [-0.05, 0) is 43.0 Å². The number of aryl methyl sites for hydroxylation is 2. The van der Waals surface area contributed by atoms with Crippen molar-refractivity contribution < 1.29 is 9.59 Å². The number of para-hydroxylation sites is 1. The van der Waals surface area contributed by atoms with E-state index in [0.29, 0.717) is 17.8 Å². The highest BCUT2D eigenvalue weighted by Crippen LogP contribution is 2.23. The quantitative estimate of drug-likeness (QED) is 0.651. The monoisotopic (exact) mass is 392 g/mol. The second-order valence-corrected chi connectivity index (χ2v) is 7.24. The molecular weight excluding hydrogens is 364 g/mol. The first-order valence-corrected chi connectivity index (χ1v) is 10.1. The van der Waals surface area contributed by atoms with E-state index in [-0.39, 0.29) is 17.6 Å². The Bertz CT molecular complexity index is 1040. The summed E-state index contributed by atoms with van der Waals surface area (Å²) >= 11 is 0. The van der Waals surface area contributed by atoms with Crippen LogP contribution in [0.15, 0.2) is 42.6 Å². The molecule has 0 radical (unpaired) electrons. The van der Waals surface area contributed by atoms with Crippen molar-refractivity contribution in [3.8, 4) is 0 Å². The van der Waals surface area contributed by atoms with Crippen molar-refractivity contribution in [3.05, 3.63) is 65.2 Å². The number of unbranched alkanes of at least 4 members (excludes halogenated alkanes) is 1. The van der Waals surface area contributed by atoms with Crippen LogP contribution < -0.4 is 5.32 Å². The normalized spacial score (nSPS) is 10.9. The maximum Gasteiger partial charge on any atom is 0.292 e. The fourth-order valence-corrected chi connectivity index (χ4v) is 3.40. The van der Waals surface area contributed by atoms with Gasteiger partial charge in [0.15, 0.2) is 5.69 Å². The Labute approximate surface area is 171 Å². The topological polar surface area (TPSA) is 66.7 Å². The largest absolute Gasteiger partial charge is 0.340 e. The number of pyridine rings is 1. The summed E-state index contributed by atoms with van der Waals surface area (Å²) < 4.78 is 1.68. The number of rotatable bonds is 7. The molecular formula is C23H28N4O2. The van der Waals surface area contributed by atoms with Gasteiger partial charge >= 0.3 is 0 Å². The minimum atomic E-state index is -0.328. The van der Waals surface area contributed by atoms with Crippen LogP contribution >= 0.6 is 0 Å². The molecule has 6 nitrogen and oxygen atoms in total. The lowest BCUT2D eigenvalue weighted by Crippen LogP contribution is -2.28. The Morgan fingerprint density at radius 2 is 1.93 bits per heavy atom. The summed E-state index contributed by atoms with van der Waals surface area (Å²) in [7, 11) is 1.77. The summed E-state index contributed by atoms with van der Waals surface area (Å²) in [6.45, 7) is 6.77. The second-order valence-electron chi connectivity index (χ2n) is 7.24. The van der Waals surface area contributed by atoms with Crippen LogP contribution in [-0.4, -0.2) is 39.7 Å². The van der Waals surface area contributed by atoms with E-state index in [4.69, 9.17) is 0 Å². The van der Waals surface area contributed by atoms with Gasteiger partial charge in [-0.1, -0.05) is 44.5 Å². The Morgan fingerprint density at radius 1 is 1.14 bits per heavy atom. The maximum absolute atomic E-state index is 13.1. The van der Waals surface area contributed by atoms with E-state index in [1.165, 1.54) is 0 Å². The first-order chi connectivity index (χ1) is 14.0. The number of nitrogens with one attached hydrogen (secondary N) is 1. The van der Waals surface area contributed by atoms with Crippen molar-refractivity contribution in [1.29, 1.82) is 0 Å². The van der Waals surface area contributed by atoms with Gasteiger partial charge in [-0.25, -0.2) is 4.98 Å². The van der Waals surface area contributed by atoms with Gasteiger partial charge in [0.1, 0.15) is 0 Å². The van der Waals surface area contributed by atoms with Gasteiger partial charge < -0.3 is 10.2 Å². The van der Waals surface area contributed by atoms with E-state index in [1.807, 2.05) is 43.3 Å². The third-order valence-electron chi connectivity index (χ3n) is 5.13. The molecule has 0 saturated heterocycles. The highest BCUT2D eigenvalue weighted by atomic mass is 16.2. The first-order valence-electron chi connectivity index (χ1n) is 10.1. The van der Waals surface area contributed by atoms with Crippen molar-refractivity contribution in [2.24, 2.45) is 0 Å². The molecule has 0 unspecified atom stereocenters. The molecule has 0 spiro atoms. The lowest BCUT2D eigenvalue weighted by atomic mass is 10.1. The van der Waals surface area contributed by atoms with Gasteiger partial charge in [-0.15, -0.1) is 0 Å². The number of aromatic nitrogens is 2.